The molecular weight excluding hydrogens is 299 g/mol. The maximum Gasteiger partial charge on any atom is 0.494 e. The van der Waals surface area contributed by atoms with Crippen molar-refractivity contribution < 1.29 is 9.31 Å². The van der Waals surface area contributed by atoms with E-state index in [0.717, 1.165) is 22.5 Å². The summed E-state index contributed by atoms with van der Waals surface area (Å²) in [6, 6.07) is 13.8. The van der Waals surface area contributed by atoms with Crippen LogP contribution >= 0.6 is 0 Å². The molecule has 0 unspecified atom stereocenters. The molecule has 1 aliphatic rings. The normalized spacial score (nSPS) is 19.1. The number of nitrogens with zero attached hydrogens (tertiary/aromatic N) is 2. The molecule has 0 aliphatic carbocycles. The number of aryl methyl sites for hydroxylation is 1. The predicted octanol–water partition coefficient (Wildman–Crippen LogP) is 3.44. The minimum Gasteiger partial charge on any atom is -0.399 e. The van der Waals surface area contributed by atoms with Crippen molar-refractivity contribution in [3.63, 3.8) is 0 Å². The van der Waals surface area contributed by atoms with Gasteiger partial charge in [0.1, 0.15) is 0 Å². The van der Waals surface area contributed by atoms with E-state index in [1.807, 2.05) is 49.4 Å². The van der Waals surface area contributed by atoms with Crippen LogP contribution in [-0.4, -0.2) is 29.5 Å². The summed E-state index contributed by atoms with van der Waals surface area (Å²) in [6.45, 7) is 10.2. The van der Waals surface area contributed by atoms with E-state index in [0.29, 0.717) is 0 Å². The molecule has 0 atom stereocenters. The summed E-state index contributed by atoms with van der Waals surface area (Å²) in [5.74, 6) is 0. The average Bonchev–Trinajstić information content (AvgIpc) is 2.74. The van der Waals surface area contributed by atoms with Crippen molar-refractivity contribution in [1.82, 2.24) is 4.98 Å². The van der Waals surface area contributed by atoms with Crippen molar-refractivity contribution in [2.24, 2.45) is 4.99 Å². The van der Waals surface area contributed by atoms with Crippen LogP contribution in [0.3, 0.4) is 0 Å². The van der Waals surface area contributed by atoms with Gasteiger partial charge in [0.05, 0.1) is 28.8 Å². The number of hydrogen-bond acceptors (Lipinski definition) is 4. The van der Waals surface area contributed by atoms with E-state index >= 15 is 0 Å². The highest BCUT2D eigenvalue weighted by Crippen LogP contribution is 2.36. The van der Waals surface area contributed by atoms with Crippen LogP contribution in [0.1, 0.15) is 39.1 Å². The SMILES string of the molecule is Cc1cccc(C=Nc2ccc(B3OC(C)(C)C(C)(C)O3)cc2)n1. The van der Waals surface area contributed by atoms with Crippen molar-refractivity contribution in [2.75, 3.05) is 0 Å². The van der Waals surface area contributed by atoms with Crippen LogP contribution in [0.4, 0.5) is 5.69 Å². The zero-order valence-corrected chi connectivity index (χ0v) is 14.9. The van der Waals surface area contributed by atoms with Crippen LogP contribution in [0.15, 0.2) is 47.5 Å². The second-order valence-corrected chi connectivity index (χ2v) is 7.14. The maximum atomic E-state index is 6.06. The van der Waals surface area contributed by atoms with E-state index in [9.17, 15) is 0 Å². The lowest BCUT2D eigenvalue weighted by Gasteiger charge is -2.32. The first-order valence-corrected chi connectivity index (χ1v) is 8.20. The fraction of sp³-hybridized carbons (Fsp3) is 0.368. The van der Waals surface area contributed by atoms with Gasteiger partial charge >= 0.3 is 7.12 Å². The molecule has 24 heavy (non-hydrogen) atoms. The highest BCUT2D eigenvalue weighted by Gasteiger charge is 2.51. The monoisotopic (exact) mass is 322 g/mol. The summed E-state index contributed by atoms with van der Waals surface area (Å²) >= 11 is 0. The van der Waals surface area contributed by atoms with E-state index in [2.05, 4.69) is 37.7 Å². The standard InChI is InChI=1S/C19H23BN2O2/c1-14-7-6-8-17(22-14)13-21-16-11-9-15(10-12-16)20-23-18(2,3)19(4,5)24-20/h6-13H,1-5H3. The second kappa shape index (κ2) is 6.15. The van der Waals surface area contributed by atoms with Crippen molar-refractivity contribution in [1.29, 1.82) is 0 Å². The van der Waals surface area contributed by atoms with Crippen molar-refractivity contribution >= 4 is 24.5 Å². The van der Waals surface area contributed by atoms with Crippen LogP contribution < -0.4 is 5.46 Å². The molecule has 3 rings (SSSR count). The van der Waals surface area contributed by atoms with Gasteiger partial charge in [-0.25, -0.2) is 0 Å². The lowest BCUT2D eigenvalue weighted by atomic mass is 9.79. The minimum absolute atomic E-state index is 0.328. The predicted molar refractivity (Wildman–Crippen MR) is 98.4 cm³/mol. The summed E-state index contributed by atoms with van der Waals surface area (Å²) in [5.41, 5.74) is 3.05. The summed E-state index contributed by atoms with van der Waals surface area (Å²) < 4.78 is 12.1. The zero-order valence-electron chi connectivity index (χ0n) is 14.9. The lowest BCUT2D eigenvalue weighted by Crippen LogP contribution is -2.41. The van der Waals surface area contributed by atoms with Crippen molar-refractivity contribution in [3.8, 4) is 0 Å². The lowest BCUT2D eigenvalue weighted by molar-refractivity contribution is 0.00578. The van der Waals surface area contributed by atoms with Gasteiger partial charge in [-0.15, -0.1) is 0 Å². The Balaban J connectivity index is 1.72. The molecular formula is C19H23BN2O2. The number of rotatable bonds is 3. The number of hydrogen-bond donors (Lipinski definition) is 0. The van der Waals surface area contributed by atoms with Gasteiger partial charge < -0.3 is 9.31 Å². The van der Waals surface area contributed by atoms with E-state index < -0.39 is 0 Å². The smallest absolute Gasteiger partial charge is 0.399 e. The van der Waals surface area contributed by atoms with E-state index in [1.165, 1.54) is 0 Å². The van der Waals surface area contributed by atoms with Crippen LogP contribution in [0.2, 0.25) is 0 Å². The molecule has 1 aromatic heterocycles. The summed E-state index contributed by atoms with van der Waals surface area (Å²) in [4.78, 5) is 8.88. The first-order chi connectivity index (χ1) is 11.3. The van der Waals surface area contributed by atoms with Gasteiger partial charge in [-0.3, -0.25) is 9.98 Å². The van der Waals surface area contributed by atoms with Gasteiger partial charge in [-0.05, 0) is 64.3 Å². The van der Waals surface area contributed by atoms with Gasteiger partial charge in [0, 0.05) is 5.69 Å². The molecule has 124 valence electrons. The third-order valence-corrected chi connectivity index (χ3v) is 4.67. The molecule has 5 heteroatoms. The molecule has 0 spiro atoms. The molecule has 0 bridgehead atoms. The maximum absolute atomic E-state index is 6.06. The molecule has 2 heterocycles. The minimum atomic E-state index is -0.341. The quantitative estimate of drug-likeness (QED) is 0.642. The van der Waals surface area contributed by atoms with Crippen molar-refractivity contribution in [3.05, 3.63) is 53.9 Å². The molecule has 2 aromatic rings. The number of aromatic nitrogens is 1. The fourth-order valence-electron chi connectivity index (χ4n) is 2.47. The number of benzene rings is 1. The average molecular weight is 322 g/mol. The fourth-order valence-corrected chi connectivity index (χ4v) is 2.47. The first kappa shape index (κ1) is 16.9. The number of aliphatic imine (C=N–C) groups is 1. The van der Waals surface area contributed by atoms with Gasteiger partial charge in [0.25, 0.3) is 0 Å². The summed E-state index contributed by atoms with van der Waals surface area (Å²) in [7, 11) is -0.341. The van der Waals surface area contributed by atoms with E-state index in [4.69, 9.17) is 9.31 Å². The molecule has 0 saturated carbocycles. The topological polar surface area (TPSA) is 43.7 Å². The van der Waals surface area contributed by atoms with E-state index in [-0.39, 0.29) is 18.3 Å². The molecule has 0 radical (unpaired) electrons. The van der Waals surface area contributed by atoms with Gasteiger partial charge in [0.15, 0.2) is 0 Å². The Morgan fingerprint density at radius 3 is 2.17 bits per heavy atom. The molecule has 1 saturated heterocycles. The Bertz CT molecular complexity index is 738. The first-order valence-electron chi connectivity index (χ1n) is 8.20. The second-order valence-electron chi connectivity index (χ2n) is 7.14. The molecule has 1 aromatic carbocycles. The van der Waals surface area contributed by atoms with Gasteiger partial charge in [0.2, 0.25) is 0 Å². The van der Waals surface area contributed by atoms with Crippen LogP contribution in [-0.2, 0) is 9.31 Å². The molecule has 0 N–H and O–H groups in total. The molecule has 1 fully saturated rings. The Kier molecular flexibility index (Phi) is 4.32. The molecule has 0 amide bonds. The highest BCUT2D eigenvalue weighted by molar-refractivity contribution is 6.62. The Labute approximate surface area is 144 Å². The Hall–Kier alpha value is -1.98. The highest BCUT2D eigenvalue weighted by atomic mass is 16.7. The summed E-state index contributed by atoms with van der Waals surface area (Å²) in [5, 5.41) is 0. The molecule has 1 aliphatic heterocycles. The summed E-state index contributed by atoms with van der Waals surface area (Å²) in [6.07, 6.45) is 1.77. The van der Waals surface area contributed by atoms with Crippen molar-refractivity contribution in [2.45, 2.75) is 45.8 Å². The van der Waals surface area contributed by atoms with Crippen LogP contribution in [0.25, 0.3) is 0 Å². The van der Waals surface area contributed by atoms with Crippen LogP contribution in [0, 0.1) is 6.92 Å². The Morgan fingerprint density at radius 1 is 0.958 bits per heavy atom. The van der Waals surface area contributed by atoms with Crippen LogP contribution in [0.5, 0.6) is 0 Å². The largest absolute Gasteiger partial charge is 0.494 e. The third-order valence-electron chi connectivity index (χ3n) is 4.67. The molecule has 4 nitrogen and oxygen atoms in total. The zero-order chi connectivity index (χ0) is 17.4. The Morgan fingerprint density at radius 2 is 1.58 bits per heavy atom. The van der Waals surface area contributed by atoms with E-state index in [1.54, 1.807) is 6.21 Å². The third kappa shape index (κ3) is 3.42. The van der Waals surface area contributed by atoms with Gasteiger partial charge in [-0.2, -0.15) is 0 Å². The number of pyridine rings is 1. The van der Waals surface area contributed by atoms with Gasteiger partial charge in [-0.1, -0.05) is 18.2 Å².